The molecule has 0 spiro atoms. The van der Waals surface area contributed by atoms with Crippen molar-refractivity contribution in [1.82, 2.24) is 10.3 Å². The molecule has 5 nitrogen and oxygen atoms in total. The van der Waals surface area contributed by atoms with Crippen LogP contribution in [0.15, 0.2) is 5.38 Å². The number of carbonyl (C=O) groups is 1. The smallest absolute Gasteiger partial charge is 0.271 e. The van der Waals surface area contributed by atoms with Crippen LogP contribution < -0.4 is 10.6 Å². The lowest BCUT2D eigenvalue weighted by atomic mass is 10.1. The number of aliphatic hydroxyl groups excluding tert-OH is 1. The summed E-state index contributed by atoms with van der Waals surface area (Å²) < 4.78 is 0. The summed E-state index contributed by atoms with van der Waals surface area (Å²) in [6.07, 6.45) is 2.91. The minimum atomic E-state index is -0.138. The van der Waals surface area contributed by atoms with Crippen LogP contribution in [0.4, 0.5) is 5.13 Å². The fourth-order valence-electron chi connectivity index (χ4n) is 1.92. The molecule has 1 aliphatic carbocycles. The van der Waals surface area contributed by atoms with Crippen molar-refractivity contribution in [3.63, 3.8) is 0 Å². The summed E-state index contributed by atoms with van der Waals surface area (Å²) in [5, 5.41) is 17.6. The third-order valence-corrected chi connectivity index (χ3v) is 3.81. The Kier molecular flexibility index (Phi) is 4.54. The van der Waals surface area contributed by atoms with Crippen LogP contribution >= 0.6 is 11.3 Å². The standard InChI is InChI=1S/C12H19N3O2S/c1-2-13-12-15-10(7-18-12)11(17)14-9(5-6-16)8-3-4-8/h7-9,16H,2-6H2,1H3,(H,13,15)(H,14,17). The first-order valence-electron chi connectivity index (χ1n) is 6.35. The van der Waals surface area contributed by atoms with Gasteiger partial charge in [0.15, 0.2) is 5.13 Å². The molecular weight excluding hydrogens is 250 g/mol. The number of hydrogen-bond donors (Lipinski definition) is 3. The Bertz CT molecular complexity index is 404. The molecule has 2 rings (SSSR count). The fourth-order valence-corrected chi connectivity index (χ4v) is 2.68. The fraction of sp³-hybridized carbons (Fsp3) is 0.667. The molecule has 1 heterocycles. The van der Waals surface area contributed by atoms with Gasteiger partial charge in [-0.05, 0) is 32.1 Å². The lowest BCUT2D eigenvalue weighted by Gasteiger charge is -2.16. The van der Waals surface area contributed by atoms with Gasteiger partial charge in [0.05, 0.1) is 0 Å². The van der Waals surface area contributed by atoms with Gasteiger partial charge in [-0.15, -0.1) is 11.3 Å². The van der Waals surface area contributed by atoms with Crippen LogP contribution in [0.5, 0.6) is 0 Å². The van der Waals surface area contributed by atoms with Gasteiger partial charge in [0.1, 0.15) is 5.69 Å². The molecule has 0 radical (unpaired) electrons. The molecule has 1 atom stereocenters. The third-order valence-electron chi connectivity index (χ3n) is 3.01. The SMILES string of the molecule is CCNc1nc(C(=O)NC(CCO)C2CC2)cs1. The maximum absolute atomic E-state index is 12.0. The van der Waals surface area contributed by atoms with E-state index in [-0.39, 0.29) is 18.6 Å². The van der Waals surface area contributed by atoms with Crippen LogP contribution in [-0.4, -0.2) is 35.2 Å². The Labute approximate surface area is 111 Å². The van der Waals surface area contributed by atoms with Gasteiger partial charge in [-0.2, -0.15) is 0 Å². The highest BCUT2D eigenvalue weighted by molar-refractivity contribution is 7.13. The zero-order chi connectivity index (χ0) is 13.0. The molecule has 100 valence electrons. The van der Waals surface area contributed by atoms with Crippen molar-refractivity contribution in [1.29, 1.82) is 0 Å². The van der Waals surface area contributed by atoms with Gasteiger partial charge >= 0.3 is 0 Å². The molecule has 0 aromatic carbocycles. The second kappa shape index (κ2) is 6.15. The minimum Gasteiger partial charge on any atom is -0.396 e. The Balaban J connectivity index is 1.92. The van der Waals surface area contributed by atoms with Gasteiger partial charge in [0.25, 0.3) is 5.91 Å². The number of nitrogens with zero attached hydrogens (tertiary/aromatic N) is 1. The highest BCUT2D eigenvalue weighted by Gasteiger charge is 2.32. The number of rotatable bonds is 7. The van der Waals surface area contributed by atoms with Crippen molar-refractivity contribution in [3.05, 3.63) is 11.1 Å². The minimum absolute atomic E-state index is 0.0896. The molecular formula is C12H19N3O2S. The molecule has 0 bridgehead atoms. The Morgan fingerprint density at radius 3 is 3.06 bits per heavy atom. The monoisotopic (exact) mass is 269 g/mol. The molecule has 18 heavy (non-hydrogen) atoms. The normalized spacial score (nSPS) is 16.3. The van der Waals surface area contributed by atoms with Crippen LogP contribution in [0.1, 0.15) is 36.7 Å². The predicted octanol–water partition coefficient (Wildman–Crippen LogP) is 1.47. The summed E-state index contributed by atoms with van der Waals surface area (Å²) in [4.78, 5) is 16.2. The summed E-state index contributed by atoms with van der Waals surface area (Å²) in [6, 6.07) is 0.0896. The average Bonchev–Trinajstić information content (AvgIpc) is 3.09. The van der Waals surface area contributed by atoms with Crippen molar-refractivity contribution in [3.8, 4) is 0 Å². The lowest BCUT2D eigenvalue weighted by molar-refractivity contribution is 0.0920. The van der Waals surface area contributed by atoms with E-state index in [1.807, 2.05) is 6.92 Å². The number of amides is 1. The quantitative estimate of drug-likeness (QED) is 0.700. The maximum Gasteiger partial charge on any atom is 0.271 e. The van der Waals surface area contributed by atoms with Crippen molar-refractivity contribution < 1.29 is 9.90 Å². The lowest BCUT2D eigenvalue weighted by Crippen LogP contribution is -2.37. The summed E-state index contributed by atoms with van der Waals surface area (Å²) in [6.45, 7) is 2.90. The second-order valence-electron chi connectivity index (χ2n) is 4.50. The van der Waals surface area contributed by atoms with Crippen LogP contribution in [0.3, 0.4) is 0 Å². The molecule has 1 fully saturated rings. The molecule has 0 aliphatic heterocycles. The number of carbonyl (C=O) groups excluding carboxylic acids is 1. The summed E-state index contributed by atoms with van der Waals surface area (Å²) in [5.74, 6) is 0.397. The van der Waals surface area contributed by atoms with Crippen molar-refractivity contribution in [2.45, 2.75) is 32.2 Å². The molecule has 0 saturated heterocycles. The van der Waals surface area contributed by atoms with E-state index in [2.05, 4.69) is 15.6 Å². The van der Waals surface area contributed by atoms with E-state index in [4.69, 9.17) is 5.11 Å². The first-order chi connectivity index (χ1) is 8.74. The first kappa shape index (κ1) is 13.3. The van der Waals surface area contributed by atoms with Gasteiger partial charge in [-0.1, -0.05) is 0 Å². The number of aromatic nitrogens is 1. The largest absolute Gasteiger partial charge is 0.396 e. The number of nitrogens with one attached hydrogen (secondary N) is 2. The van der Waals surface area contributed by atoms with Gasteiger partial charge in [0, 0.05) is 24.6 Å². The van der Waals surface area contributed by atoms with E-state index in [9.17, 15) is 4.79 Å². The predicted molar refractivity (Wildman–Crippen MR) is 72.0 cm³/mol. The summed E-state index contributed by atoms with van der Waals surface area (Å²) >= 11 is 1.43. The second-order valence-corrected chi connectivity index (χ2v) is 5.36. The zero-order valence-electron chi connectivity index (χ0n) is 10.5. The van der Waals surface area contributed by atoms with Crippen LogP contribution in [0, 0.1) is 5.92 Å². The van der Waals surface area contributed by atoms with Gasteiger partial charge < -0.3 is 15.7 Å². The number of hydrogen-bond acceptors (Lipinski definition) is 5. The zero-order valence-corrected chi connectivity index (χ0v) is 11.3. The maximum atomic E-state index is 12.0. The molecule has 1 amide bonds. The van der Waals surface area contributed by atoms with Gasteiger partial charge in [-0.3, -0.25) is 4.79 Å². The molecule has 1 aromatic rings. The highest BCUT2D eigenvalue weighted by atomic mass is 32.1. The van der Waals surface area contributed by atoms with Gasteiger partial charge in [-0.25, -0.2) is 4.98 Å². The molecule has 1 aliphatic rings. The van der Waals surface area contributed by atoms with Crippen molar-refractivity contribution in [2.24, 2.45) is 5.92 Å². The molecule has 1 aromatic heterocycles. The van der Waals surface area contributed by atoms with Crippen LogP contribution in [0.2, 0.25) is 0 Å². The Hall–Kier alpha value is -1.14. The van der Waals surface area contributed by atoms with E-state index in [0.29, 0.717) is 18.0 Å². The van der Waals surface area contributed by atoms with E-state index in [0.717, 1.165) is 24.5 Å². The van der Waals surface area contributed by atoms with Crippen molar-refractivity contribution in [2.75, 3.05) is 18.5 Å². The molecule has 1 unspecified atom stereocenters. The number of anilines is 1. The molecule has 6 heteroatoms. The Morgan fingerprint density at radius 1 is 1.67 bits per heavy atom. The number of aliphatic hydroxyl groups is 1. The van der Waals surface area contributed by atoms with E-state index < -0.39 is 0 Å². The van der Waals surface area contributed by atoms with E-state index in [1.54, 1.807) is 5.38 Å². The number of thiazole rings is 1. The first-order valence-corrected chi connectivity index (χ1v) is 7.23. The highest BCUT2D eigenvalue weighted by Crippen LogP contribution is 2.34. The summed E-state index contributed by atoms with van der Waals surface area (Å²) in [5.41, 5.74) is 0.458. The molecule has 3 N–H and O–H groups in total. The van der Waals surface area contributed by atoms with E-state index >= 15 is 0 Å². The third kappa shape index (κ3) is 3.43. The van der Waals surface area contributed by atoms with E-state index in [1.165, 1.54) is 11.3 Å². The Morgan fingerprint density at radius 2 is 2.44 bits per heavy atom. The van der Waals surface area contributed by atoms with Crippen molar-refractivity contribution >= 4 is 22.4 Å². The topological polar surface area (TPSA) is 74.2 Å². The van der Waals surface area contributed by atoms with Crippen LogP contribution in [-0.2, 0) is 0 Å². The van der Waals surface area contributed by atoms with Crippen LogP contribution in [0.25, 0.3) is 0 Å². The molecule has 1 saturated carbocycles. The summed E-state index contributed by atoms with van der Waals surface area (Å²) in [7, 11) is 0. The average molecular weight is 269 g/mol. The van der Waals surface area contributed by atoms with Gasteiger partial charge in [0.2, 0.25) is 0 Å².